The minimum atomic E-state index is -0.219. The highest BCUT2D eigenvalue weighted by molar-refractivity contribution is 7.98. The van der Waals surface area contributed by atoms with Gasteiger partial charge in [-0.15, -0.1) is 10.2 Å². The Kier molecular flexibility index (Phi) is 8.76. The van der Waals surface area contributed by atoms with E-state index in [1.807, 2.05) is 18.2 Å². The lowest BCUT2D eigenvalue weighted by Crippen LogP contribution is -2.39. The summed E-state index contributed by atoms with van der Waals surface area (Å²) < 4.78 is 15.3. The van der Waals surface area contributed by atoms with Gasteiger partial charge < -0.3 is 14.8 Å². The number of aromatic nitrogens is 3. The van der Waals surface area contributed by atoms with Crippen LogP contribution in [0, 0.1) is 11.7 Å². The van der Waals surface area contributed by atoms with E-state index in [1.165, 1.54) is 12.1 Å². The number of nitrogens with zero attached hydrogens (tertiary/aromatic N) is 5. The van der Waals surface area contributed by atoms with Gasteiger partial charge in [-0.3, -0.25) is 4.99 Å². The first-order valence-corrected chi connectivity index (χ1v) is 10.8. The SMILES string of the molecule is CN=C(NCCCc1nnc(SC)n1CC(C)C)N(C)Cc1ccc(F)cc1. The Morgan fingerprint density at radius 3 is 2.61 bits per heavy atom. The minimum Gasteiger partial charge on any atom is -0.356 e. The van der Waals surface area contributed by atoms with Crippen LogP contribution < -0.4 is 5.32 Å². The lowest BCUT2D eigenvalue weighted by Gasteiger charge is -2.22. The summed E-state index contributed by atoms with van der Waals surface area (Å²) in [6.45, 7) is 6.81. The zero-order valence-corrected chi connectivity index (χ0v) is 18.3. The largest absolute Gasteiger partial charge is 0.356 e. The first kappa shape index (κ1) is 22.2. The molecular weight excluding hydrogens is 375 g/mol. The lowest BCUT2D eigenvalue weighted by atomic mass is 10.2. The topological polar surface area (TPSA) is 58.3 Å². The van der Waals surface area contributed by atoms with Crippen molar-refractivity contribution in [2.24, 2.45) is 10.9 Å². The maximum atomic E-state index is 13.1. The fourth-order valence-electron chi connectivity index (χ4n) is 2.97. The summed E-state index contributed by atoms with van der Waals surface area (Å²) in [4.78, 5) is 6.37. The second-order valence-electron chi connectivity index (χ2n) is 7.17. The van der Waals surface area contributed by atoms with Gasteiger partial charge in [-0.1, -0.05) is 37.7 Å². The molecule has 1 aromatic heterocycles. The number of hydrogen-bond donors (Lipinski definition) is 1. The second kappa shape index (κ2) is 11.0. The van der Waals surface area contributed by atoms with E-state index in [0.717, 1.165) is 48.4 Å². The maximum Gasteiger partial charge on any atom is 0.193 e. The molecule has 2 rings (SSSR count). The predicted octanol–water partition coefficient (Wildman–Crippen LogP) is 3.44. The van der Waals surface area contributed by atoms with Gasteiger partial charge >= 0.3 is 0 Å². The fourth-order valence-corrected chi connectivity index (χ4v) is 3.50. The third kappa shape index (κ3) is 6.51. The Morgan fingerprint density at radius 2 is 2.00 bits per heavy atom. The highest BCUT2D eigenvalue weighted by atomic mass is 32.2. The Hall–Kier alpha value is -2.09. The molecule has 0 atom stereocenters. The second-order valence-corrected chi connectivity index (χ2v) is 7.94. The average molecular weight is 407 g/mol. The Balaban J connectivity index is 1.84. The highest BCUT2D eigenvalue weighted by Crippen LogP contribution is 2.16. The fraction of sp³-hybridized carbons (Fsp3) is 0.550. The van der Waals surface area contributed by atoms with Gasteiger partial charge in [0.25, 0.3) is 0 Å². The molecule has 0 amide bonds. The number of nitrogens with one attached hydrogen (secondary N) is 1. The zero-order valence-electron chi connectivity index (χ0n) is 17.4. The summed E-state index contributed by atoms with van der Waals surface area (Å²) in [5.74, 6) is 2.19. The minimum absolute atomic E-state index is 0.219. The van der Waals surface area contributed by atoms with E-state index in [4.69, 9.17) is 0 Å². The van der Waals surface area contributed by atoms with Crippen molar-refractivity contribution in [3.05, 3.63) is 41.5 Å². The van der Waals surface area contributed by atoms with E-state index in [0.29, 0.717) is 12.5 Å². The van der Waals surface area contributed by atoms with E-state index < -0.39 is 0 Å². The van der Waals surface area contributed by atoms with Crippen LogP contribution in [-0.4, -0.2) is 52.5 Å². The summed E-state index contributed by atoms with van der Waals surface area (Å²) in [6.07, 6.45) is 3.84. The van der Waals surface area contributed by atoms with Crippen molar-refractivity contribution in [2.75, 3.05) is 26.9 Å². The van der Waals surface area contributed by atoms with Gasteiger partial charge in [0.15, 0.2) is 11.1 Å². The molecule has 6 nitrogen and oxygen atoms in total. The number of rotatable bonds is 9. The van der Waals surface area contributed by atoms with Crippen molar-refractivity contribution >= 4 is 17.7 Å². The molecule has 0 saturated carbocycles. The van der Waals surface area contributed by atoms with Gasteiger partial charge in [0.05, 0.1) is 0 Å². The molecule has 0 fully saturated rings. The summed E-state index contributed by atoms with van der Waals surface area (Å²) in [7, 11) is 3.75. The van der Waals surface area contributed by atoms with E-state index in [-0.39, 0.29) is 5.82 Å². The van der Waals surface area contributed by atoms with E-state index in [9.17, 15) is 4.39 Å². The zero-order chi connectivity index (χ0) is 20.5. The molecule has 1 aromatic carbocycles. The molecule has 0 bridgehead atoms. The van der Waals surface area contributed by atoms with Crippen molar-refractivity contribution in [3.63, 3.8) is 0 Å². The lowest BCUT2D eigenvalue weighted by molar-refractivity contribution is 0.468. The molecule has 8 heteroatoms. The highest BCUT2D eigenvalue weighted by Gasteiger charge is 2.13. The van der Waals surface area contributed by atoms with Crippen LogP contribution in [0.4, 0.5) is 4.39 Å². The molecule has 0 aliphatic heterocycles. The van der Waals surface area contributed by atoms with Gasteiger partial charge in [0.1, 0.15) is 11.6 Å². The van der Waals surface area contributed by atoms with E-state index >= 15 is 0 Å². The monoisotopic (exact) mass is 406 g/mol. The van der Waals surface area contributed by atoms with Crippen LogP contribution in [-0.2, 0) is 19.5 Å². The number of aliphatic imine (C=N–C) groups is 1. The number of thioether (sulfide) groups is 1. The first-order chi connectivity index (χ1) is 13.4. The van der Waals surface area contributed by atoms with E-state index in [1.54, 1.807) is 30.9 Å². The Labute approximate surface area is 171 Å². The number of hydrogen-bond acceptors (Lipinski definition) is 4. The van der Waals surface area contributed by atoms with Crippen molar-refractivity contribution in [3.8, 4) is 0 Å². The Bertz CT molecular complexity index is 757. The summed E-state index contributed by atoms with van der Waals surface area (Å²) in [5, 5.41) is 13.0. The third-order valence-corrected chi connectivity index (χ3v) is 4.96. The van der Waals surface area contributed by atoms with Crippen molar-refractivity contribution < 1.29 is 4.39 Å². The quantitative estimate of drug-likeness (QED) is 0.299. The molecule has 2 aromatic rings. The van der Waals surface area contributed by atoms with Crippen molar-refractivity contribution in [1.82, 2.24) is 25.0 Å². The normalized spacial score (nSPS) is 11.9. The van der Waals surface area contributed by atoms with Crippen LogP contribution in [0.15, 0.2) is 34.4 Å². The van der Waals surface area contributed by atoms with Gasteiger partial charge in [-0.25, -0.2) is 4.39 Å². The van der Waals surface area contributed by atoms with Crippen molar-refractivity contribution in [1.29, 1.82) is 0 Å². The molecule has 28 heavy (non-hydrogen) atoms. The van der Waals surface area contributed by atoms with Gasteiger partial charge in [0, 0.05) is 40.2 Å². The number of benzene rings is 1. The molecule has 0 spiro atoms. The van der Waals surface area contributed by atoms with Crippen LogP contribution in [0.25, 0.3) is 0 Å². The third-order valence-electron chi connectivity index (χ3n) is 4.29. The summed E-state index contributed by atoms with van der Waals surface area (Å²) >= 11 is 1.64. The maximum absolute atomic E-state index is 13.1. The summed E-state index contributed by atoms with van der Waals surface area (Å²) in [5.41, 5.74) is 1.04. The molecule has 0 radical (unpaired) electrons. The van der Waals surface area contributed by atoms with E-state index in [2.05, 4.69) is 38.9 Å². The van der Waals surface area contributed by atoms with Crippen LogP contribution in [0.3, 0.4) is 0 Å². The number of guanidine groups is 1. The molecule has 0 aliphatic rings. The van der Waals surface area contributed by atoms with Gasteiger partial charge in [-0.05, 0) is 36.3 Å². The van der Waals surface area contributed by atoms with Gasteiger partial charge in [-0.2, -0.15) is 0 Å². The molecule has 0 aliphatic carbocycles. The molecular formula is C20H31FN6S. The van der Waals surface area contributed by atoms with Crippen LogP contribution in [0.5, 0.6) is 0 Å². The van der Waals surface area contributed by atoms with Crippen LogP contribution in [0.2, 0.25) is 0 Å². The Morgan fingerprint density at radius 1 is 1.29 bits per heavy atom. The smallest absolute Gasteiger partial charge is 0.193 e. The van der Waals surface area contributed by atoms with Crippen LogP contribution >= 0.6 is 11.8 Å². The molecule has 154 valence electrons. The average Bonchev–Trinajstić information content (AvgIpc) is 3.04. The number of halogens is 1. The van der Waals surface area contributed by atoms with Crippen molar-refractivity contribution in [2.45, 2.75) is 44.9 Å². The molecule has 0 saturated heterocycles. The number of aryl methyl sites for hydroxylation is 1. The standard InChI is InChI=1S/C20H31FN6S/c1-15(2)13-27-18(24-25-20(27)28-5)7-6-12-23-19(22-3)26(4)14-16-8-10-17(21)11-9-16/h8-11,15H,6-7,12-14H2,1-5H3,(H,22,23). The first-order valence-electron chi connectivity index (χ1n) is 9.56. The van der Waals surface area contributed by atoms with Crippen LogP contribution in [0.1, 0.15) is 31.7 Å². The van der Waals surface area contributed by atoms with Gasteiger partial charge in [0.2, 0.25) is 0 Å². The molecule has 1 heterocycles. The molecule has 1 N–H and O–H groups in total. The predicted molar refractivity (Wildman–Crippen MR) is 114 cm³/mol. The summed E-state index contributed by atoms with van der Waals surface area (Å²) in [6, 6.07) is 6.55. The molecule has 0 unspecified atom stereocenters.